The van der Waals surface area contributed by atoms with E-state index in [4.69, 9.17) is 9.47 Å². The van der Waals surface area contributed by atoms with Gasteiger partial charge in [-0.2, -0.15) is 0 Å². The first-order chi connectivity index (χ1) is 12.3. The second-order valence-corrected chi connectivity index (χ2v) is 6.25. The van der Waals surface area contributed by atoms with Crippen LogP contribution in [0.5, 0.6) is 11.5 Å². The van der Waals surface area contributed by atoms with E-state index < -0.39 is 0 Å². The van der Waals surface area contributed by atoms with E-state index in [1.165, 1.54) is 27.9 Å². The Kier molecular flexibility index (Phi) is 4.06. The second-order valence-electron chi connectivity index (χ2n) is 6.25. The van der Waals surface area contributed by atoms with Gasteiger partial charge in [0.2, 0.25) is 0 Å². The molecule has 25 heavy (non-hydrogen) atoms. The third-order valence-electron chi connectivity index (χ3n) is 4.78. The molecule has 1 atom stereocenters. The molecule has 4 rings (SSSR count). The molecular weight excluding hydrogens is 310 g/mol. The highest BCUT2D eigenvalue weighted by atomic mass is 16.5. The highest BCUT2D eigenvalue weighted by Crippen LogP contribution is 2.39. The van der Waals surface area contributed by atoms with Crippen LogP contribution in [0.3, 0.4) is 0 Å². The summed E-state index contributed by atoms with van der Waals surface area (Å²) < 4.78 is 10.8. The van der Waals surface area contributed by atoms with Crippen LogP contribution in [0.1, 0.15) is 17.2 Å². The Hall–Kier alpha value is -2.94. The summed E-state index contributed by atoms with van der Waals surface area (Å²) in [6.45, 7) is 0. The van der Waals surface area contributed by atoms with E-state index >= 15 is 0 Å². The van der Waals surface area contributed by atoms with Crippen LogP contribution in [0.15, 0.2) is 66.7 Å². The Bertz CT molecular complexity index is 890. The molecule has 1 aliphatic rings. The minimum Gasteiger partial charge on any atom is -0.493 e. The van der Waals surface area contributed by atoms with Crippen molar-refractivity contribution >= 4 is 5.69 Å². The van der Waals surface area contributed by atoms with Crippen LogP contribution in [0.25, 0.3) is 11.1 Å². The molecular formula is C22H21NO2. The fourth-order valence-electron chi connectivity index (χ4n) is 3.44. The van der Waals surface area contributed by atoms with E-state index in [0.29, 0.717) is 0 Å². The maximum atomic E-state index is 5.44. The second kappa shape index (κ2) is 6.52. The van der Waals surface area contributed by atoms with E-state index in [9.17, 15) is 0 Å². The lowest BCUT2D eigenvalue weighted by atomic mass is 9.99. The molecule has 0 radical (unpaired) electrons. The third kappa shape index (κ3) is 2.93. The SMILES string of the molecule is COc1ccc(C2Cc3cc(-c4ccccc4)ccc3N2)cc1OC. The standard InChI is InChI=1S/C22H21NO2/c1-24-21-11-9-17(14-22(21)25-2)20-13-18-12-16(8-10-19(18)23-20)15-6-4-3-5-7-15/h3-12,14,20,23H,13H2,1-2H3. The molecule has 0 aliphatic carbocycles. The van der Waals surface area contributed by atoms with Crippen molar-refractivity contribution in [3.05, 3.63) is 77.9 Å². The fourth-order valence-corrected chi connectivity index (χ4v) is 3.44. The minimum absolute atomic E-state index is 0.251. The maximum Gasteiger partial charge on any atom is 0.161 e. The van der Waals surface area contributed by atoms with Crippen molar-refractivity contribution in [3.8, 4) is 22.6 Å². The molecule has 0 aromatic heterocycles. The number of anilines is 1. The van der Waals surface area contributed by atoms with Crippen LogP contribution in [0.4, 0.5) is 5.69 Å². The molecule has 0 fully saturated rings. The van der Waals surface area contributed by atoms with E-state index in [2.05, 4.69) is 59.9 Å². The lowest BCUT2D eigenvalue weighted by Crippen LogP contribution is -2.06. The highest BCUT2D eigenvalue weighted by Gasteiger charge is 2.23. The number of methoxy groups -OCH3 is 2. The summed E-state index contributed by atoms with van der Waals surface area (Å²) in [6.07, 6.45) is 0.964. The first-order valence-corrected chi connectivity index (χ1v) is 8.45. The number of hydrogen-bond acceptors (Lipinski definition) is 3. The van der Waals surface area contributed by atoms with Crippen molar-refractivity contribution in [3.63, 3.8) is 0 Å². The Labute approximate surface area is 148 Å². The number of fused-ring (bicyclic) bond motifs is 1. The van der Waals surface area contributed by atoms with Crippen molar-refractivity contribution in [2.24, 2.45) is 0 Å². The zero-order valence-corrected chi connectivity index (χ0v) is 14.5. The Morgan fingerprint density at radius 3 is 2.36 bits per heavy atom. The van der Waals surface area contributed by atoms with Gasteiger partial charge in [0.1, 0.15) is 0 Å². The van der Waals surface area contributed by atoms with Gasteiger partial charge in [-0.15, -0.1) is 0 Å². The normalized spacial score (nSPS) is 15.4. The minimum atomic E-state index is 0.251. The van der Waals surface area contributed by atoms with E-state index in [-0.39, 0.29) is 6.04 Å². The van der Waals surface area contributed by atoms with Gasteiger partial charge in [0.05, 0.1) is 20.3 Å². The molecule has 1 heterocycles. The lowest BCUT2D eigenvalue weighted by Gasteiger charge is -2.15. The number of benzene rings is 3. The predicted octanol–water partition coefficient (Wildman–Crippen LogP) is 5.08. The van der Waals surface area contributed by atoms with E-state index in [1.54, 1.807) is 14.2 Å². The molecule has 0 saturated carbocycles. The number of rotatable bonds is 4. The van der Waals surface area contributed by atoms with Crippen molar-refractivity contribution in [2.45, 2.75) is 12.5 Å². The van der Waals surface area contributed by atoms with Crippen LogP contribution in [0, 0.1) is 0 Å². The Morgan fingerprint density at radius 2 is 1.60 bits per heavy atom. The average molecular weight is 331 g/mol. The molecule has 3 aromatic carbocycles. The van der Waals surface area contributed by atoms with Gasteiger partial charge in [-0.05, 0) is 52.9 Å². The zero-order valence-electron chi connectivity index (χ0n) is 14.5. The van der Waals surface area contributed by atoms with Gasteiger partial charge in [-0.25, -0.2) is 0 Å². The van der Waals surface area contributed by atoms with Gasteiger partial charge in [0, 0.05) is 5.69 Å². The molecule has 1 unspecified atom stereocenters. The summed E-state index contributed by atoms with van der Waals surface area (Å²) in [6, 6.07) is 23.5. The molecule has 1 N–H and O–H groups in total. The van der Waals surface area contributed by atoms with Gasteiger partial charge in [0.25, 0.3) is 0 Å². The first-order valence-electron chi connectivity index (χ1n) is 8.45. The summed E-state index contributed by atoms with van der Waals surface area (Å²) in [5.41, 5.74) is 6.27. The maximum absolute atomic E-state index is 5.44. The van der Waals surface area contributed by atoms with Crippen molar-refractivity contribution in [1.29, 1.82) is 0 Å². The quantitative estimate of drug-likeness (QED) is 0.723. The third-order valence-corrected chi connectivity index (χ3v) is 4.78. The summed E-state index contributed by atoms with van der Waals surface area (Å²) in [4.78, 5) is 0. The van der Waals surface area contributed by atoms with Crippen LogP contribution < -0.4 is 14.8 Å². The van der Waals surface area contributed by atoms with Gasteiger partial charge in [-0.3, -0.25) is 0 Å². The Balaban J connectivity index is 1.61. The van der Waals surface area contributed by atoms with Crippen molar-refractivity contribution in [2.75, 3.05) is 19.5 Å². The van der Waals surface area contributed by atoms with Gasteiger partial charge in [0.15, 0.2) is 11.5 Å². The molecule has 1 aliphatic heterocycles. The predicted molar refractivity (Wildman–Crippen MR) is 101 cm³/mol. The molecule has 3 nitrogen and oxygen atoms in total. The van der Waals surface area contributed by atoms with Gasteiger partial charge < -0.3 is 14.8 Å². The number of ether oxygens (including phenoxy) is 2. The monoisotopic (exact) mass is 331 g/mol. The van der Waals surface area contributed by atoms with Gasteiger partial charge in [-0.1, -0.05) is 42.5 Å². The molecule has 0 amide bonds. The molecule has 0 spiro atoms. The smallest absolute Gasteiger partial charge is 0.161 e. The van der Waals surface area contributed by atoms with Crippen LogP contribution >= 0.6 is 0 Å². The number of nitrogens with one attached hydrogen (secondary N) is 1. The first kappa shape index (κ1) is 15.6. The summed E-state index contributed by atoms with van der Waals surface area (Å²) in [5, 5.41) is 3.62. The summed E-state index contributed by atoms with van der Waals surface area (Å²) >= 11 is 0. The molecule has 3 heteroatoms. The highest BCUT2D eigenvalue weighted by molar-refractivity contribution is 5.70. The molecule has 0 saturated heterocycles. The summed E-state index contributed by atoms with van der Waals surface area (Å²) in [5.74, 6) is 1.52. The van der Waals surface area contributed by atoms with Crippen molar-refractivity contribution < 1.29 is 9.47 Å². The Morgan fingerprint density at radius 1 is 0.800 bits per heavy atom. The average Bonchev–Trinajstić information content (AvgIpc) is 3.11. The largest absolute Gasteiger partial charge is 0.493 e. The molecule has 126 valence electrons. The van der Waals surface area contributed by atoms with Crippen molar-refractivity contribution in [1.82, 2.24) is 0 Å². The lowest BCUT2D eigenvalue weighted by molar-refractivity contribution is 0.354. The van der Waals surface area contributed by atoms with Crippen LogP contribution in [0.2, 0.25) is 0 Å². The number of hydrogen-bond donors (Lipinski definition) is 1. The summed E-state index contributed by atoms with van der Waals surface area (Å²) in [7, 11) is 3.33. The fraction of sp³-hybridized carbons (Fsp3) is 0.182. The topological polar surface area (TPSA) is 30.5 Å². The van der Waals surface area contributed by atoms with Crippen LogP contribution in [-0.2, 0) is 6.42 Å². The van der Waals surface area contributed by atoms with Crippen LogP contribution in [-0.4, -0.2) is 14.2 Å². The van der Waals surface area contributed by atoms with E-state index in [1.807, 2.05) is 12.1 Å². The zero-order chi connectivity index (χ0) is 17.2. The molecule has 0 bridgehead atoms. The van der Waals surface area contributed by atoms with E-state index in [0.717, 1.165) is 17.9 Å². The van der Waals surface area contributed by atoms with Gasteiger partial charge >= 0.3 is 0 Å². The molecule has 3 aromatic rings.